The van der Waals surface area contributed by atoms with Crippen LogP contribution in [0.25, 0.3) is 10.8 Å². The number of hydrogen-bond donors (Lipinski definition) is 1. The predicted molar refractivity (Wildman–Crippen MR) is 143 cm³/mol. The number of hydrogen-bond acceptors (Lipinski definition) is 1. The highest BCUT2D eigenvalue weighted by atomic mass is 19.4. The number of piperidine rings is 2. The standard InChI is InChI=1S/C32H40F3NO2/c1-3-19-5-7-20(8-6-19)13-23-10-9-21-14-22(11-12-28(21)30(23)32(33,34)35)29(4-2)36-25-15-24(31(37)38)16-26(36)18-27(36)17-25/h9-12,14,19-20,24-27,29H,3-8,13,15-18H2,1-2H3/p+1/t19?,20?,24?,25?,26?,27?,29-,36?/m0/s1. The fourth-order valence-corrected chi connectivity index (χ4v) is 9.42. The van der Waals surface area contributed by atoms with E-state index in [9.17, 15) is 23.1 Å². The summed E-state index contributed by atoms with van der Waals surface area (Å²) in [4.78, 5) is 11.7. The zero-order valence-corrected chi connectivity index (χ0v) is 22.6. The van der Waals surface area contributed by atoms with Gasteiger partial charge in [0.15, 0.2) is 0 Å². The van der Waals surface area contributed by atoms with Gasteiger partial charge in [-0.05, 0) is 53.5 Å². The molecule has 1 saturated carbocycles. The lowest BCUT2D eigenvalue weighted by Crippen LogP contribution is -2.86. The molecule has 206 valence electrons. The van der Waals surface area contributed by atoms with Crippen LogP contribution in [0.2, 0.25) is 0 Å². The van der Waals surface area contributed by atoms with Crippen LogP contribution in [-0.2, 0) is 17.4 Å². The quantitative estimate of drug-likeness (QED) is 0.367. The summed E-state index contributed by atoms with van der Waals surface area (Å²) in [5.74, 6) is 0.134. The summed E-state index contributed by atoms with van der Waals surface area (Å²) in [6.45, 7) is 4.39. The van der Waals surface area contributed by atoms with E-state index in [1.807, 2.05) is 18.2 Å². The Bertz CT molecular complexity index is 1200. The van der Waals surface area contributed by atoms with Crippen LogP contribution >= 0.6 is 0 Å². The molecule has 38 heavy (non-hydrogen) atoms. The van der Waals surface area contributed by atoms with Crippen LogP contribution in [0.15, 0.2) is 30.3 Å². The van der Waals surface area contributed by atoms with Crippen molar-refractivity contribution in [2.45, 2.75) is 115 Å². The van der Waals surface area contributed by atoms with Crippen molar-refractivity contribution in [1.29, 1.82) is 0 Å². The van der Waals surface area contributed by atoms with Gasteiger partial charge in [0.25, 0.3) is 0 Å². The molecule has 2 aromatic carbocycles. The topological polar surface area (TPSA) is 37.3 Å². The van der Waals surface area contributed by atoms with Crippen molar-refractivity contribution in [1.82, 2.24) is 0 Å². The van der Waals surface area contributed by atoms with Gasteiger partial charge in [-0.3, -0.25) is 4.79 Å². The van der Waals surface area contributed by atoms with E-state index in [1.54, 1.807) is 12.1 Å². The van der Waals surface area contributed by atoms with Gasteiger partial charge in [-0.15, -0.1) is 0 Å². The first-order valence-electron chi connectivity index (χ1n) is 14.9. The second kappa shape index (κ2) is 9.53. The molecule has 3 saturated heterocycles. The Morgan fingerprint density at radius 3 is 2.13 bits per heavy atom. The van der Waals surface area contributed by atoms with Gasteiger partial charge in [-0.25, -0.2) is 0 Å². The molecule has 0 spiro atoms. The molecule has 0 radical (unpaired) electrons. The molecule has 1 N–H and O–H groups in total. The number of fused-ring (bicyclic) bond motifs is 1. The number of alkyl halides is 3. The van der Waals surface area contributed by atoms with Crippen molar-refractivity contribution in [2.75, 3.05) is 0 Å². The zero-order chi connectivity index (χ0) is 26.8. The van der Waals surface area contributed by atoms with Gasteiger partial charge in [-0.1, -0.05) is 57.4 Å². The largest absolute Gasteiger partial charge is 0.481 e. The fraction of sp³-hybridized carbons (Fsp3) is 0.656. The van der Waals surface area contributed by atoms with Crippen molar-refractivity contribution in [2.24, 2.45) is 17.8 Å². The van der Waals surface area contributed by atoms with E-state index in [0.29, 0.717) is 46.8 Å². The molecule has 6 heteroatoms. The Labute approximate surface area is 224 Å². The van der Waals surface area contributed by atoms with Gasteiger partial charge in [-0.2, -0.15) is 13.2 Å². The highest BCUT2D eigenvalue weighted by Gasteiger charge is 2.72. The fourth-order valence-electron chi connectivity index (χ4n) is 9.42. The average Bonchev–Trinajstić information content (AvgIpc) is 2.86. The maximum absolute atomic E-state index is 14.5. The number of rotatable bonds is 7. The molecule has 0 aromatic heterocycles. The number of carboxylic acids is 1. The van der Waals surface area contributed by atoms with E-state index in [0.717, 1.165) is 73.8 Å². The van der Waals surface area contributed by atoms with Crippen LogP contribution in [-0.4, -0.2) is 33.7 Å². The number of quaternary nitrogens is 1. The third kappa shape index (κ3) is 4.00. The van der Waals surface area contributed by atoms with Crippen LogP contribution < -0.4 is 0 Å². The first kappa shape index (κ1) is 26.2. The number of carboxylic acid groups (broad SMARTS) is 1. The van der Waals surface area contributed by atoms with Gasteiger partial charge in [0.2, 0.25) is 0 Å². The molecule has 3 heterocycles. The lowest BCUT2D eigenvalue weighted by Gasteiger charge is -2.75. The van der Waals surface area contributed by atoms with Gasteiger partial charge < -0.3 is 9.59 Å². The van der Waals surface area contributed by atoms with Crippen molar-refractivity contribution in [3.05, 3.63) is 47.0 Å². The Balaban J connectivity index is 1.32. The Hall–Kier alpha value is -2.08. The number of nitrogens with zero attached hydrogens (tertiary/aromatic N) is 1. The average molecular weight is 529 g/mol. The summed E-state index contributed by atoms with van der Waals surface area (Å²) < 4.78 is 44.5. The molecular formula is C32H41F3NO2+. The lowest BCUT2D eigenvalue weighted by atomic mass is 9.60. The molecule has 4 fully saturated rings. The van der Waals surface area contributed by atoms with Crippen LogP contribution in [0.5, 0.6) is 0 Å². The maximum atomic E-state index is 14.5. The molecular weight excluding hydrogens is 487 g/mol. The molecule has 2 unspecified atom stereocenters. The summed E-state index contributed by atoms with van der Waals surface area (Å²) >= 11 is 0. The normalized spacial score (nSPS) is 35.2. The van der Waals surface area contributed by atoms with Crippen molar-refractivity contribution in [3.63, 3.8) is 0 Å². The summed E-state index contributed by atoms with van der Waals surface area (Å²) in [5, 5.41) is 10.7. The van der Waals surface area contributed by atoms with Gasteiger partial charge in [0, 0.05) is 24.8 Å². The van der Waals surface area contributed by atoms with E-state index >= 15 is 0 Å². The zero-order valence-electron chi connectivity index (χ0n) is 22.6. The van der Waals surface area contributed by atoms with Crippen LogP contribution in [0.1, 0.15) is 101 Å². The highest BCUT2D eigenvalue weighted by Crippen LogP contribution is 2.63. The minimum absolute atomic E-state index is 0.222. The number of halogens is 3. The van der Waals surface area contributed by atoms with Crippen LogP contribution in [0.3, 0.4) is 0 Å². The van der Waals surface area contributed by atoms with Gasteiger partial charge in [0.05, 0.1) is 36.4 Å². The van der Waals surface area contributed by atoms with E-state index in [1.165, 1.54) is 6.42 Å². The van der Waals surface area contributed by atoms with E-state index in [4.69, 9.17) is 0 Å². The molecule has 3 nitrogen and oxygen atoms in total. The molecule has 2 aromatic rings. The molecule has 1 aliphatic carbocycles. The number of carbonyl (C=O) groups is 1. The Morgan fingerprint density at radius 1 is 0.947 bits per heavy atom. The summed E-state index contributed by atoms with van der Waals surface area (Å²) in [6, 6.07) is 10.9. The van der Waals surface area contributed by atoms with Crippen molar-refractivity contribution < 1.29 is 27.6 Å². The summed E-state index contributed by atoms with van der Waals surface area (Å²) in [5.41, 5.74) is 1.13. The van der Waals surface area contributed by atoms with Crippen molar-refractivity contribution >= 4 is 16.7 Å². The molecule has 0 bridgehead atoms. The smallest absolute Gasteiger partial charge is 0.417 e. The van der Waals surface area contributed by atoms with Gasteiger partial charge in [0.1, 0.15) is 12.1 Å². The molecule has 3 atom stereocenters. The SMILES string of the molecule is CCC1CCC(Cc2ccc3cc([C@H](CC)[N+]45C6CC(C(=O)O)CC4CC5C6)ccc3c2C(F)(F)F)CC1. The third-order valence-electron chi connectivity index (χ3n) is 11.2. The molecule has 0 amide bonds. The highest BCUT2D eigenvalue weighted by molar-refractivity contribution is 5.88. The molecule has 3 aliphatic heterocycles. The van der Waals surface area contributed by atoms with Gasteiger partial charge >= 0.3 is 12.1 Å². The maximum Gasteiger partial charge on any atom is 0.417 e. The summed E-state index contributed by atoms with van der Waals surface area (Å²) in [7, 11) is 0. The Morgan fingerprint density at radius 2 is 1.58 bits per heavy atom. The summed E-state index contributed by atoms with van der Waals surface area (Å²) in [6.07, 6.45) is 6.16. The minimum atomic E-state index is -4.38. The number of aliphatic carboxylic acids is 1. The monoisotopic (exact) mass is 528 g/mol. The first-order valence-corrected chi connectivity index (χ1v) is 14.9. The minimum Gasteiger partial charge on any atom is -0.481 e. The lowest BCUT2D eigenvalue weighted by molar-refractivity contribution is -1.10. The van der Waals surface area contributed by atoms with Crippen LogP contribution in [0, 0.1) is 17.8 Å². The van der Waals surface area contributed by atoms with E-state index < -0.39 is 17.7 Å². The molecule has 4 aliphatic rings. The second-order valence-electron chi connectivity index (χ2n) is 12.8. The second-order valence-corrected chi connectivity index (χ2v) is 12.8. The van der Waals surface area contributed by atoms with E-state index in [-0.39, 0.29) is 12.0 Å². The van der Waals surface area contributed by atoms with E-state index in [2.05, 4.69) is 13.8 Å². The predicted octanol–water partition coefficient (Wildman–Crippen LogP) is 8.29. The third-order valence-corrected chi connectivity index (χ3v) is 11.2. The van der Waals surface area contributed by atoms with Crippen molar-refractivity contribution in [3.8, 4) is 0 Å². The van der Waals surface area contributed by atoms with Crippen LogP contribution in [0.4, 0.5) is 13.2 Å². The number of benzene rings is 2. The molecule has 6 rings (SSSR count). The first-order chi connectivity index (χ1) is 18.2. The Kier molecular flexibility index (Phi) is 6.56.